The first-order valence-electron chi connectivity index (χ1n) is 9.33. The number of aliphatic hydroxyl groups is 1. The van der Waals surface area contributed by atoms with Crippen LogP contribution in [0.2, 0.25) is 5.28 Å². The van der Waals surface area contributed by atoms with Crippen LogP contribution in [-0.2, 0) is 6.54 Å². The zero-order valence-corrected chi connectivity index (χ0v) is 15.9. The highest BCUT2D eigenvalue weighted by atomic mass is 35.5. The number of rotatable bonds is 6. The summed E-state index contributed by atoms with van der Waals surface area (Å²) in [7, 11) is 0. The maximum atomic E-state index is 9.23. The normalized spacial score (nSPS) is 14.7. The second-order valence-corrected chi connectivity index (χ2v) is 7.03. The molecule has 7 nitrogen and oxygen atoms in total. The standard InChI is InChI=1S/C19H23ClN6O/c20-18-22-16-15(17(24-18)25-10-5-2-6-11-25)26(19(23-16)21-9-12-27)13-14-7-3-1-4-8-14/h1,3-4,7-8,27H,2,5-6,9-13H2,(H,21,22,23,24). The molecule has 0 amide bonds. The molecule has 2 aromatic heterocycles. The topological polar surface area (TPSA) is 79.1 Å². The lowest BCUT2D eigenvalue weighted by Crippen LogP contribution is -2.31. The van der Waals surface area contributed by atoms with Crippen molar-refractivity contribution in [2.45, 2.75) is 25.8 Å². The summed E-state index contributed by atoms with van der Waals surface area (Å²) in [5, 5.41) is 12.6. The van der Waals surface area contributed by atoms with Crippen LogP contribution in [-0.4, -0.2) is 50.9 Å². The van der Waals surface area contributed by atoms with E-state index in [0.717, 1.165) is 42.8 Å². The van der Waals surface area contributed by atoms with Crippen molar-refractivity contribution in [3.05, 3.63) is 41.2 Å². The van der Waals surface area contributed by atoms with Gasteiger partial charge in [-0.2, -0.15) is 15.0 Å². The highest BCUT2D eigenvalue weighted by Crippen LogP contribution is 2.31. The van der Waals surface area contributed by atoms with Gasteiger partial charge in [-0.3, -0.25) is 0 Å². The highest BCUT2D eigenvalue weighted by Gasteiger charge is 2.23. The molecule has 0 bridgehead atoms. The summed E-state index contributed by atoms with van der Waals surface area (Å²) in [5.74, 6) is 1.50. The first-order chi connectivity index (χ1) is 13.3. The van der Waals surface area contributed by atoms with Gasteiger partial charge in [-0.25, -0.2) is 0 Å². The lowest BCUT2D eigenvalue weighted by Gasteiger charge is -2.28. The fourth-order valence-electron chi connectivity index (χ4n) is 3.54. The number of nitrogens with zero attached hydrogens (tertiary/aromatic N) is 5. The van der Waals surface area contributed by atoms with Crippen molar-refractivity contribution in [1.29, 1.82) is 0 Å². The molecule has 1 saturated heterocycles. The van der Waals surface area contributed by atoms with E-state index in [4.69, 9.17) is 11.6 Å². The zero-order valence-electron chi connectivity index (χ0n) is 15.1. The number of anilines is 2. The first kappa shape index (κ1) is 18.0. The maximum absolute atomic E-state index is 9.23. The molecule has 0 atom stereocenters. The van der Waals surface area contributed by atoms with E-state index < -0.39 is 0 Å². The van der Waals surface area contributed by atoms with Crippen molar-refractivity contribution in [2.24, 2.45) is 0 Å². The van der Waals surface area contributed by atoms with E-state index in [9.17, 15) is 5.11 Å². The predicted octanol–water partition coefficient (Wildman–Crippen LogP) is 2.92. The van der Waals surface area contributed by atoms with Crippen LogP contribution < -0.4 is 10.2 Å². The van der Waals surface area contributed by atoms with E-state index in [1.165, 1.54) is 6.42 Å². The number of benzene rings is 1. The number of hydrogen-bond acceptors (Lipinski definition) is 6. The number of fused-ring (bicyclic) bond motifs is 1. The van der Waals surface area contributed by atoms with Crippen LogP contribution in [0.25, 0.3) is 11.2 Å². The first-order valence-corrected chi connectivity index (χ1v) is 9.71. The van der Waals surface area contributed by atoms with Crippen molar-refractivity contribution < 1.29 is 5.11 Å². The summed E-state index contributed by atoms with van der Waals surface area (Å²) in [6.45, 7) is 2.99. The fourth-order valence-corrected chi connectivity index (χ4v) is 3.70. The van der Waals surface area contributed by atoms with Gasteiger partial charge in [-0.15, -0.1) is 0 Å². The van der Waals surface area contributed by atoms with Gasteiger partial charge in [-0.1, -0.05) is 30.3 Å². The average Bonchev–Trinajstić information content (AvgIpc) is 3.04. The number of halogens is 1. The largest absolute Gasteiger partial charge is 0.395 e. The van der Waals surface area contributed by atoms with E-state index in [2.05, 4.69) is 41.9 Å². The number of nitrogens with one attached hydrogen (secondary N) is 1. The Bertz CT molecular complexity index is 907. The summed E-state index contributed by atoms with van der Waals surface area (Å²) >= 11 is 6.21. The van der Waals surface area contributed by atoms with Gasteiger partial charge in [0.1, 0.15) is 5.52 Å². The van der Waals surface area contributed by atoms with Crippen molar-refractivity contribution in [1.82, 2.24) is 19.5 Å². The minimum Gasteiger partial charge on any atom is -0.395 e. The van der Waals surface area contributed by atoms with Crippen LogP contribution in [0, 0.1) is 0 Å². The molecular formula is C19H23ClN6O. The lowest BCUT2D eigenvalue weighted by molar-refractivity contribution is 0.310. The summed E-state index contributed by atoms with van der Waals surface area (Å²) < 4.78 is 2.08. The number of aromatic nitrogens is 4. The molecule has 1 aliphatic rings. The highest BCUT2D eigenvalue weighted by molar-refractivity contribution is 6.28. The minimum atomic E-state index is 0.0277. The molecule has 0 radical (unpaired) electrons. The number of piperidine rings is 1. The molecule has 1 fully saturated rings. The average molecular weight is 387 g/mol. The Morgan fingerprint density at radius 2 is 1.81 bits per heavy atom. The van der Waals surface area contributed by atoms with Gasteiger partial charge in [0.05, 0.1) is 13.2 Å². The Balaban J connectivity index is 1.85. The number of imidazole rings is 1. The van der Waals surface area contributed by atoms with Crippen LogP contribution >= 0.6 is 11.6 Å². The molecule has 3 heterocycles. The van der Waals surface area contributed by atoms with Crippen molar-refractivity contribution in [2.75, 3.05) is 36.5 Å². The second kappa shape index (κ2) is 8.10. The van der Waals surface area contributed by atoms with Crippen LogP contribution in [0.15, 0.2) is 30.3 Å². The third kappa shape index (κ3) is 3.84. The molecule has 27 heavy (non-hydrogen) atoms. The fraction of sp³-hybridized carbons (Fsp3) is 0.421. The molecule has 1 aromatic carbocycles. The molecule has 2 N–H and O–H groups in total. The van der Waals surface area contributed by atoms with Gasteiger partial charge >= 0.3 is 0 Å². The van der Waals surface area contributed by atoms with Gasteiger partial charge in [0.15, 0.2) is 11.5 Å². The Morgan fingerprint density at radius 1 is 1.04 bits per heavy atom. The molecule has 142 valence electrons. The van der Waals surface area contributed by atoms with E-state index in [1.807, 2.05) is 18.2 Å². The molecule has 0 aliphatic carbocycles. The molecule has 8 heteroatoms. The van der Waals surface area contributed by atoms with Crippen molar-refractivity contribution in [3.8, 4) is 0 Å². The molecule has 0 unspecified atom stereocenters. The molecular weight excluding hydrogens is 364 g/mol. The van der Waals surface area contributed by atoms with Crippen molar-refractivity contribution >= 4 is 34.5 Å². The van der Waals surface area contributed by atoms with Gasteiger partial charge < -0.3 is 19.9 Å². The lowest BCUT2D eigenvalue weighted by atomic mass is 10.1. The third-order valence-corrected chi connectivity index (χ3v) is 4.96. The number of hydrogen-bond donors (Lipinski definition) is 2. The van der Waals surface area contributed by atoms with Crippen LogP contribution in [0.1, 0.15) is 24.8 Å². The summed E-state index contributed by atoms with van der Waals surface area (Å²) in [4.78, 5) is 15.8. The van der Waals surface area contributed by atoms with Gasteiger partial charge in [0.25, 0.3) is 0 Å². The minimum absolute atomic E-state index is 0.0277. The third-order valence-electron chi connectivity index (χ3n) is 4.79. The molecule has 1 aliphatic heterocycles. The van der Waals surface area contributed by atoms with Gasteiger partial charge in [0, 0.05) is 19.6 Å². The van der Waals surface area contributed by atoms with Crippen LogP contribution in [0.4, 0.5) is 11.8 Å². The molecule has 3 aromatic rings. The van der Waals surface area contributed by atoms with Crippen LogP contribution in [0.5, 0.6) is 0 Å². The number of aliphatic hydroxyl groups excluding tert-OH is 1. The Kier molecular flexibility index (Phi) is 5.40. The molecule has 4 rings (SSSR count). The maximum Gasteiger partial charge on any atom is 0.226 e. The van der Waals surface area contributed by atoms with E-state index >= 15 is 0 Å². The monoisotopic (exact) mass is 386 g/mol. The van der Waals surface area contributed by atoms with E-state index in [1.54, 1.807) is 0 Å². The SMILES string of the molecule is OCCNc1nc2nc(Cl)nc(N3CCCCC3)c2n1Cc1ccccc1. The smallest absolute Gasteiger partial charge is 0.226 e. The predicted molar refractivity (Wildman–Crippen MR) is 108 cm³/mol. The quantitative estimate of drug-likeness (QED) is 0.634. The summed E-state index contributed by atoms with van der Waals surface area (Å²) in [5.41, 5.74) is 2.61. The molecule has 0 spiro atoms. The summed E-state index contributed by atoms with van der Waals surface area (Å²) in [6, 6.07) is 10.2. The Labute approximate surface area is 163 Å². The summed E-state index contributed by atoms with van der Waals surface area (Å²) in [6.07, 6.45) is 3.53. The van der Waals surface area contributed by atoms with Gasteiger partial charge in [0.2, 0.25) is 11.2 Å². The molecule has 0 saturated carbocycles. The van der Waals surface area contributed by atoms with Crippen LogP contribution in [0.3, 0.4) is 0 Å². The Morgan fingerprint density at radius 3 is 2.56 bits per heavy atom. The zero-order chi connectivity index (χ0) is 18.6. The van der Waals surface area contributed by atoms with E-state index in [-0.39, 0.29) is 11.9 Å². The van der Waals surface area contributed by atoms with Gasteiger partial charge in [-0.05, 0) is 36.4 Å². The van der Waals surface area contributed by atoms with E-state index in [0.29, 0.717) is 24.7 Å². The second-order valence-electron chi connectivity index (χ2n) is 6.69. The van der Waals surface area contributed by atoms with Crippen molar-refractivity contribution in [3.63, 3.8) is 0 Å². The Hall–Kier alpha value is -2.38.